The van der Waals surface area contributed by atoms with Crippen LogP contribution in [-0.2, 0) is 10.0 Å². The molecule has 0 amide bonds. The molecule has 2 rings (SSSR count). The van der Waals surface area contributed by atoms with E-state index < -0.39 is 15.8 Å². The molecule has 0 aliphatic heterocycles. The highest BCUT2D eigenvalue weighted by molar-refractivity contribution is 9.10. The van der Waals surface area contributed by atoms with Gasteiger partial charge in [0.25, 0.3) is 10.0 Å². The van der Waals surface area contributed by atoms with Crippen LogP contribution in [0.25, 0.3) is 0 Å². The molecule has 0 spiro atoms. The van der Waals surface area contributed by atoms with Crippen LogP contribution in [0, 0.1) is 5.82 Å². The maximum absolute atomic E-state index is 13.5. The van der Waals surface area contributed by atoms with Gasteiger partial charge in [-0.25, -0.2) is 17.8 Å². The fourth-order valence-electron chi connectivity index (χ4n) is 1.30. The van der Waals surface area contributed by atoms with Gasteiger partial charge in [0, 0.05) is 10.7 Å². The lowest BCUT2D eigenvalue weighted by Gasteiger charge is -2.09. The van der Waals surface area contributed by atoms with Gasteiger partial charge >= 0.3 is 0 Å². The topological polar surface area (TPSA) is 59.1 Å². The molecule has 2 aromatic rings. The van der Waals surface area contributed by atoms with Gasteiger partial charge in [-0.2, -0.15) is 0 Å². The Balaban J connectivity index is 2.36. The van der Waals surface area contributed by atoms with Gasteiger partial charge in [0.15, 0.2) is 0 Å². The second kappa shape index (κ2) is 5.44. The first kappa shape index (κ1) is 14.2. The molecule has 0 fully saturated rings. The van der Waals surface area contributed by atoms with Crippen LogP contribution in [0.5, 0.6) is 0 Å². The van der Waals surface area contributed by atoms with E-state index in [0.29, 0.717) is 4.47 Å². The molecular formula is C11H7BrClFN2O2S. The number of benzene rings is 1. The van der Waals surface area contributed by atoms with Crippen LogP contribution in [0.3, 0.4) is 0 Å². The fourth-order valence-corrected chi connectivity index (χ4v) is 2.78. The van der Waals surface area contributed by atoms with Gasteiger partial charge in [0.1, 0.15) is 15.9 Å². The van der Waals surface area contributed by atoms with E-state index in [2.05, 4.69) is 25.6 Å². The van der Waals surface area contributed by atoms with Crippen molar-refractivity contribution in [3.8, 4) is 0 Å². The molecule has 1 aromatic carbocycles. The number of sulfonamides is 1. The highest BCUT2D eigenvalue weighted by Crippen LogP contribution is 2.23. The van der Waals surface area contributed by atoms with Crippen molar-refractivity contribution >= 4 is 43.2 Å². The Labute approximate surface area is 122 Å². The minimum absolute atomic E-state index is 0.101. The van der Waals surface area contributed by atoms with Gasteiger partial charge in [0.2, 0.25) is 0 Å². The molecule has 0 unspecified atom stereocenters. The molecule has 0 saturated carbocycles. The van der Waals surface area contributed by atoms with Gasteiger partial charge in [-0.05, 0) is 30.3 Å². The summed E-state index contributed by atoms with van der Waals surface area (Å²) in [7, 11) is -3.90. The van der Waals surface area contributed by atoms with Crippen LogP contribution < -0.4 is 4.72 Å². The van der Waals surface area contributed by atoms with Crippen molar-refractivity contribution in [1.82, 2.24) is 4.98 Å². The molecular weight excluding hydrogens is 359 g/mol. The molecule has 0 radical (unpaired) electrons. The number of rotatable bonds is 3. The zero-order valence-electron chi connectivity index (χ0n) is 9.27. The minimum atomic E-state index is -3.90. The summed E-state index contributed by atoms with van der Waals surface area (Å²) in [6.07, 6.45) is 1.10. The first-order chi connectivity index (χ1) is 8.88. The molecule has 0 aliphatic carbocycles. The summed E-state index contributed by atoms with van der Waals surface area (Å²) in [5.41, 5.74) is -0.149. The molecule has 0 aliphatic rings. The Kier molecular flexibility index (Phi) is 4.07. The molecule has 8 heteroatoms. The maximum Gasteiger partial charge on any atom is 0.263 e. The van der Waals surface area contributed by atoms with E-state index in [1.807, 2.05) is 0 Å². The number of pyridine rings is 1. The zero-order chi connectivity index (χ0) is 14.0. The van der Waals surface area contributed by atoms with E-state index in [9.17, 15) is 12.8 Å². The second-order valence-electron chi connectivity index (χ2n) is 3.55. The molecule has 19 heavy (non-hydrogen) atoms. The predicted octanol–water partition coefficient (Wildman–Crippen LogP) is 3.44. The smallest absolute Gasteiger partial charge is 0.263 e. The van der Waals surface area contributed by atoms with E-state index in [0.717, 1.165) is 12.3 Å². The average molecular weight is 366 g/mol. The molecule has 0 saturated heterocycles. The number of nitrogens with zero attached hydrogens (tertiary/aromatic N) is 1. The van der Waals surface area contributed by atoms with Crippen LogP contribution in [-0.4, -0.2) is 13.4 Å². The van der Waals surface area contributed by atoms with Crippen molar-refractivity contribution in [2.24, 2.45) is 0 Å². The molecule has 1 aromatic heterocycles. The highest BCUT2D eigenvalue weighted by atomic mass is 79.9. The Morgan fingerprint density at radius 2 is 2.00 bits per heavy atom. The third-order valence-electron chi connectivity index (χ3n) is 2.18. The molecule has 0 bridgehead atoms. The molecule has 1 N–H and O–H groups in total. The van der Waals surface area contributed by atoms with Gasteiger partial charge < -0.3 is 0 Å². The van der Waals surface area contributed by atoms with Crippen LogP contribution in [0.2, 0.25) is 5.15 Å². The number of halogens is 3. The van der Waals surface area contributed by atoms with Crippen molar-refractivity contribution in [2.45, 2.75) is 4.90 Å². The monoisotopic (exact) mass is 364 g/mol. The van der Waals surface area contributed by atoms with E-state index in [1.165, 1.54) is 24.3 Å². The Bertz CT molecular complexity index is 707. The summed E-state index contributed by atoms with van der Waals surface area (Å²) in [5, 5.41) is 0.174. The van der Waals surface area contributed by atoms with Gasteiger partial charge in [-0.15, -0.1) is 0 Å². The average Bonchev–Trinajstić information content (AvgIpc) is 2.34. The summed E-state index contributed by atoms with van der Waals surface area (Å²) < 4.78 is 40.2. The minimum Gasteiger partial charge on any atom is -0.277 e. The summed E-state index contributed by atoms with van der Waals surface area (Å²) in [6.45, 7) is 0. The quantitative estimate of drug-likeness (QED) is 0.848. The van der Waals surface area contributed by atoms with E-state index >= 15 is 0 Å². The molecule has 100 valence electrons. The number of hydrogen-bond acceptors (Lipinski definition) is 3. The molecule has 0 atom stereocenters. The van der Waals surface area contributed by atoms with Crippen LogP contribution in [0.1, 0.15) is 0 Å². The third kappa shape index (κ3) is 3.43. The SMILES string of the molecule is O=S(=O)(Nc1cc(Br)ccc1F)c1ccc(Cl)nc1. The highest BCUT2D eigenvalue weighted by Gasteiger charge is 2.16. The van der Waals surface area contributed by atoms with Gasteiger partial charge in [0.05, 0.1) is 5.69 Å². The number of aromatic nitrogens is 1. The lowest BCUT2D eigenvalue weighted by Crippen LogP contribution is -2.14. The second-order valence-corrected chi connectivity index (χ2v) is 6.53. The fraction of sp³-hybridized carbons (Fsp3) is 0. The lowest BCUT2D eigenvalue weighted by atomic mass is 10.3. The van der Waals surface area contributed by atoms with Gasteiger partial charge in [-0.1, -0.05) is 27.5 Å². The number of anilines is 1. The van der Waals surface area contributed by atoms with E-state index in [4.69, 9.17) is 11.6 Å². The van der Waals surface area contributed by atoms with E-state index in [1.54, 1.807) is 0 Å². The van der Waals surface area contributed by atoms with Crippen molar-refractivity contribution in [1.29, 1.82) is 0 Å². The Morgan fingerprint density at radius 3 is 2.63 bits per heavy atom. The number of hydrogen-bond donors (Lipinski definition) is 1. The molecule has 1 heterocycles. The number of nitrogens with one attached hydrogen (secondary N) is 1. The zero-order valence-corrected chi connectivity index (χ0v) is 12.4. The van der Waals surface area contributed by atoms with E-state index in [-0.39, 0.29) is 15.7 Å². The van der Waals surface area contributed by atoms with Crippen molar-refractivity contribution < 1.29 is 12.8 Å². The Morgan fingerprint density at radius 1 is 1.26 bits per heavy atom. The van der Waals surface area contributed by atoms with Crippen molar-refractivity contribution in [2.75, 3.05) is 4.72 Å². The van der Waals surface area contributed by atoms with Crippen molar-refractivity contribution in [3.63, 3.8) is 0 Å². The van der Waals surface area contributed by atoms with Gasteiger partial charge in [-0.3, -0.25) is 4.72 Å². The third-order valence-corrected chi connectivity index (χ3v) is 4.25. The van der Waals surface area contributed by atoms with Crippen LogP contribution >= 0.6 is 27.5 Å². The largest absolute Gasteiger partial charge is 0.277 e. The summed E-state index contributed by atoms with van der Waals surface area (Å²) in [5.74, 6) is -0.673. The Hall–Kier alpha value is -1.18. The maximum atomic E-state index is 13.5. The van der Waals surface area contributed by atoms with Crippen LogP contribution in [0.4, 0.5) is 10.1 Å². The predicted molar refractivity (Wildman–Crippen MR) is 74.2 cm³/mol. The lowest BCUT2D eigenvalue weighted by molar-refractivity contribution is 0.598. The summed E-state index contributed by atoms with van der Waals surface area (Å²) >= 11 is 8.71. The first-order valence-electron chi connectivity index (χ1n) is 4.98. The molecule has 4 nitrogen and oxygen atoms in total. The first-order valence-corrected chi connectivity index (χ1v) is 7.63. The van der Waals surface area contributed by atoms with Crippen LogP contribution in [0.15, 0.2) is 45.9 Å². The summed E-state index contributed by atoms with van der Waals surface area (Å²) in [6, 6.07) is 6.58. The normalized spacial score (nSPS) is 11.3. The standard InChI is InChI=1S/C11H7BrClFN2O2S/c12-7-1-3-9(14)10(5-7)16-19(17,18)8-2-4-11(13)15-6-8/h1-6,16H. The van der Waals surface area contributed by atoms with Crippen molar-refractivity contribution in [3.05, 3.63) is 52.0 Å². The summed E-state index contributed by atoms with van der Waals surface area (Å²) in [4.78, 5) is 3.57.